The van der Waals surface area contributed by atoms with E-state index in [1.807, 2.05) is 23.5 Å². The van der Waals surface area contributed by atoms with Gasteiger partial charge in [-0.15, -0.1) is 11.3 Å². The van der Waals surface area contributed by atoms with E-state index in [2.05, 4.69) is 37.8 Å². The lowest BCUT2D eigenvalue weighted by molar-refractivity contribution is -0.0384. The fraction of sp³-hybridized carbons (Fsp3) is 0.450. The number of benzene rings is 1. The van der Waals surface area contributed by atoms with Crippen LogP contribution < -0.4 is 9.64 Å². The highest BCUT2D eigenvalue weighted by Gasteiger charge is 2.35. The van der Waals surface area contributed by atoms with Gasteiger partial charge in [0.25, 0.3) is 0 Å². The molecule has 0 spiro atoms. The minimum absolute atomic E-state index is 0.102. The van der Waals surface area contributed by atoms with Gasteiger partial charge in [-0.25, -0.2) is 0 Å². The van der Waals surface area contributed by atoms with Crippen molar-refractivity contribution in [2.24, 2.45) is 4.99 Å². The van der Waals surface area contributed by atoms with Crippen LogP contribution in [-0.2, 0) is 24.3 Å². The summed E-state index contributed by atoms with van der Waals surface area (Å²) < 4.78 is 11.4. The van der Waals surface area contributed by atoms with Crippen LogP contribution in [-0.4, -0.2) is 23.6 Å². The second-order valence-electron chi connectivity index (χ2n) is 7.08. The molecule has 0 atom stereocenters. The van der Waals surface area contributed by atoms with E-state index in [1.165, 1.54) is 21.0 Å². The first kappa shape index (κ1) is 17.9. The minimum Gasteiger partial charge on any atom is -0.497 e. The molecule has 0 saturated heterocycles. The zero-order chi connectivity index (χ0) is 18.3. The Morgan fingerprint density at radius 2 is 2.04 bits per heavy atom. The van der Waals surface area contributed by atoms with Crippen LogP contribution in [0.25, 0.3) is 0 Å². The Morgan fingerprint density at radius 3 is 2.73 bits per heavy atom. The zero-order valence-electron chi connectivity index (χ0n) is 15.7. The van der Waals surface area contributed by atoms with Crippen LogP contribution >= 0.6 is 23.1 Å². The van der Waals surface area contributed by atoms with E-state index in [0.717, 1.165) is 35.3 Å². The fourth-order valence-corrected chi connectivity index (χ4v) is 5.50. The monoisotopic (exact) mass is 388 g/mol. The van der Waals surface area contributed by atoms with Crippen LogP contribution in [0.5, 0.6) is 5.75 Å². The SMILES string of the molecule is CCSC1=NCc2c(sc3c2CC(C)(C)OC3)N1c1ccc(OC)cc1. The molecule has 0 aliphatic carbocycles. The van der Waals surface area contributed by atoms with Crippen molar-refractivity contribution in [3.05, 3.63) is 40.3 Å². The normalized spacial score (nSPS) is 18.2. The van der Waals surface area contributed by atoms with Gasteiger partial charge in [0.15, 0.2) is 5.17 Å². The van der Waals surface area contributed by atoms with Crippen LogP contribution in [0.1, 0.15) is 36.8 Å². The molecule has 4 nitrogen and oxygen atoms in total. The molecule has 0 radical (unpaired) electrons. The molecule has 6 heteroatoms. The molecule has 2 aliphatic rings. The van der Waals surface area contributed by atoms with Gasteiger partial charge >= 0.3 is 0 Å². The quantitative estimate of drug-likeness (QED) is 0.708. The standard InChI is InChI=1S/C20H24N2O2S2/c1-5-25-19-21-11-16-15-10-20(2,3)24-12-17(15)26-18(16)22(19)13-6-8-14(23-4)9-7-13/h6-9H,5,10-12H2,1-4H3. The summed E-state index contributed by atoms with van der Waals surface area (Å²) in [6.07, 6.45) is 0.955. The van der Waals surface area contributed by atoms with E-state index < -0.39 is 0 Å². The van der Waals surface area contributed by atoms with Gasteiger partial charge in [0.2, 0.25) is 0 Å². The number of amidine groups is 1. The predicted molar refractivity (Wildman–Crippen MR) is 111 cm³/mol. The highest BCUT2D eigenvalue weighted by Crippen LogP contribution is 2.47. The first-order chi connectivity index (χ1) is 12.5. The third-order valence-electron chi connectivity index (χ3n) is 4.75. The molecule has 138 valence electrons. The summed E-state index contributed by atoms with van der Waals surface area (Å²) in [7, 11) is 1.70. The number of aliphatic imine (C=N–C) groups is 1. The second kappa shape index (κ2) is 6.91. The van der Waals surface area contributed by atoms with E-state index in [0.29, 0.717) is 6.61 Å². The number of hydrogen-bond donors (Lipinski definition) is 0. The van der Waals surface area contributed by atoms with Crippen molar-refractivity contribution in [2.75, 3.05) is 17.8 Å². The first-order valence-corrected chi connectivity index (χ1v) is 10.7. The number of nitrogens with zero attached hydrogens (tertiary/aromatic N) is 2. The number of fused-ring (bicyclic) bond motifs is 3. The minimum atomic E-state index is -0.102. The third kappa shape index (κ3) is 3.15. The van der Waals surface area contributed by atoms with E-state index >= 15 is 0 Å². The largest absolute Gasteiger partial charge is 0.497 e. The molecule has 0 bridgehead atoms. The maximum Gasteiger partial charge on any atom is 0.169 e. The van der Waals surface area contributed by atoms with Gasteiger partial charge in [0.1, 0.15) is 10.8 Å². The molecule has 0 N–H and O–H groups in total. The van der Waals surface area contributed by atoms with Crippen LogP contribution in [0.15, 0.2) is 29.3 Å². The maximum absolute atomic E-state index is 6.05. The van der Waals surface area contributed by atoms with Gasteiger partial charge in [-0.2, -0.15) is 0 Å². The number of anilines is 2. The number of hydrogen-bond acceptors (Lipinski definition) is 6. The molecule has 0 saturated carbocycles. The average Bonchev–Trinajstić information content (AvgIpc) is 2.98. The molecule has 0 amide bonds. The van der Waals surface area contributed by atoms with Crippen molar-refractivity contribution < 1.29 is 9.47 Å². The summed E-state index contributed by atoms with van der Waals surface area (Å²) >= 11 is 3.65. The second-order valence-corrected chi connectivity index (χ2v) is 9.39. The zero-order valence-corrected chi connectivity index (χ0v) is 17.3. The molecular formula is C20H24N2O2S2. The van der Waals surface area contributed by atoms with Gasteiger partial charge in [-0.1, -0.05) is 18.7 Å². The lowest BCUT2D eigenvalue weighted by Crippen LogP contribution is -2.32. The topological polar surface area (TPSA) is 34.1 Å². The molecule has 1 aromatic carbocycles. The van der Waals surface area contributed by atoms with Crippen molar-refractivity contribution >= 4 is 39.0 Å². The highest BCUT2D eigenvalue weighted by molar-refractivity contribution is 8.14. The van der Waals surface area contributed by atoms with Crippen molar-refractivity contribution in [1.29, 1.82) is 0 Å². The lowest BCUT2D eigenvalue weighted by atomic mass is 9.93. The number of methoxy groups -OCH3 is 1. The van der Waals surface area contributed by atoms with E-state index in [4.69, 9.17) is 14.5 Å². The van der Waals surface area contributed by atoms with Gasteiger partial charge in [-0.05, 0) is 49.4 Å². The van der Waals surface area contributed by atoms with Gasteiger partial charge in [0, 0.05) is 22.5 Å². The molecule has 2 aromatic rings. The molecule has 3 heterocycles. The summed E-state index contributed by atoms with van der Waals surface area (Å²) in [6, 6.07) is 8.24. The van der Waals surface area contributed by atoms with E-state index in [9.17, 15) is 0 Å². The maximum atomic E-state index is 6.05. The molecule has 0 unspecified atom stereocenters. The lowest BCUT2D eigenvalue weighted by Gasteiger charge is -2.31. The first-order valence-electron chi connectivity index (χ1n) is 8.91. The molecule has 2 aliphatic heterocycles. The number of ether oxygens (including phenoxy) is 2. The summed E-state index contributed by atoms with van der Waals surface area (Å²) in [5, 5.41) is 2.37. The third-order valence-corrected chi connectivity index (χ3v) is 6.84. The van der Waals surface area contributed by atoms with Gasteiger partial charge < -0.3 is 9.47 Å². The van der Waals surface area contributed by atoms with Gasteiger partial charge in [-0.3, -0.25) is 9.89 Å². The van der Waals surface area contributed by atoms with Crippen molar-refractivity contribution in [1.82, 2.24) is 0 Å². The van der Waals surface area contributed by atoms with Crippen molar-refractivity contribution in [3.8, 4) is 5.75 Å². The average molecular weight is 389 g/mol. The highest BCUT2D eigenvalue weighted by atomic mass is 32.2. The van der Waals surface area contributed by atoms with Gasteiger partial charge in [0.05, 0.1) is 25.9 Å². The molecular weight excluding hydrogens is 364 g/mol. The Bertz CT molecular complexity index is 840. The Kier molecular flexibility index (Phi) is 4.75. The Labute approximate surface area is 163 Å². The Hall–Kier alpha value is -1.50. The van der Waals surface area contributed by atoms with Crippen LogP contribution in [0.4, 0.5) is 10.7 Å². The van der Waals surface area contributed by atoms with Crippen LogP contribution in [0.2, 0.25) is 0 Å². The van der Waals surface area contributed by atoms with E-state index in [-0.39, 0.29) is 5.60 Å². The summed E-state index contributed by atoms with van der Waals surface area (Å²) in [4.78, 5) is 8.59. The Morgan fingerprint density at radius 1 is 1.27 bits per heavy atom. The summed E-state index contributed by atoms with van der Waals surface area (Å²) in [6.45, 7) is 7.99. The van der Waals surface area contributed by atoms with Crippen molar-refractivity contribution in [3.63, 3.8) is 0 Å². The summed E-state index contributed by atoms with van der Waals surface area (Å²) in [5.41, 5.74) is 3.85. The number of rotatable bonds is 3. The number of thiophene rings is 1. The van der Waals surface area contributed by atoms with E-state index in [1.54, 1.807) is 18.9 Å². The molecule has 26 heavy (non-hydrogen) atoms. The molecule has 0 fully saturated rings. The van der Waals surface area contributed by atoms with Crippen molar-refractivity contribution in [2.45, 2.75) is 45.9 Å². The van der Waals surface area contributed by atoms with Crippen LogP contribution in [0.3, 0.4) is 0 Å². The molecule has 1 aromatic heterocycles. The summed E-state index contributed by atoms with van der Waals surface area (Å²) in [5.74, 6) is 1.87. The molecule has 4 rings (SSSR count). The smallest absolute Gasteiger partial charge is 0.169 e. The van der Waals surface area contributed by atoms with Crippen LogP contribution in [0, 0.1) is 0 Å². The Balaban J connectivity index is 1.79. The predicted octanol–water partition coefficient (Wildman–Crippen LogP) is 5.37. The fourth-order valence-electron chi connectivity index (χ4n) is 3.44. The number of thioether (sulfide) groups is 1.